The van der Waals surface area contributed by atoms with E-state index in [2.05, 4.69) is 20.9 Å². The van der Waals surface area contributed by atoms with Crippen molar-refractivity contribution in [3.05, 3.63) is 81.3 Å². The van der Waals surface area contributed by atoms with Crippen molar-refractivity contribution in [2.75, 3.05) is 4.90 Å². The van der Waals surface area contributed by atoms with Gasteiger partial charge in [-0.3, -0.25) is 9.59 Å². The highest BCUT2D eigenvalue weighted by molar-refractivity contribution is 9.10. The Morgan fingerprint density at radius 1 is 0.893 bits per heavy atom. The van der Waals surface area contributed by atoms with Gasteiger partial charge in [0.2, 0.25) is 5.89 Å². The van der Waals surface area contributed by atoms with E-state index >= 15 is 0 Å². The van der Waals surface area contributed by atoms with Gasteiger partial charge < -0.3 is 4.42 Å². The minimum absolute atomic E-state index is 0.325. The summed E-state index contributed by atoms with van der Waals surface area (Å²) in [5.74, 6) is -0.357. The Labute approximate surface area is 172 Å². The molecule has 5 rings (SSSR count). The van der Waals surface area contributed by atoms with Crippen molar-refractivity contribution in [3.8, 4) is 11.5 Å². The molecule has 4 aromatic rings. The van der Waals surface area contributed by atoms with E-state index in [9.17, 15) is 9.59 Å². The zero-order chi connectivity index (χ0) is 19.4. The van der Waals surface area contributed by atoms with Crippen LogP contribution in [0, 0.1) is 0 Å². The van der Waals surface area contributed by atoms with Crippen LogP contribution in [0.15, 0.2) is 69.6 Å². The number of hydrogen-bond acceptors (Lipinski definition) is 4. The maximum atomic E-state index is 12.9. The molecule has 0 aliphatic carbocycles. The summed E-state index contributed by atoms with van der Waals surface area (Å²) in [6.07, 6.45) is 0. The van der Waals surface area contributed by atoms with Gasteiger partial charge in [-0.05, 0) is 60.7 Å². The van der Waals surface area contributed by atoms with Gasteiger partial charge >= 0.3 is 0 Å². The van der Waals surface area contributed by atoms with Crippen LogP contribution in [-0.4, -0.2) is 16.8 Å². The summed E-state index contributed by atoms with van der Waals surface area (Å²) in [5, 5.41) is 0.562. The normalized spacial score (nSPS) is 13.4. The number of carbonyl (C=O) groups is 2. The molecule has 0 N–H and O–H groups in total. The van der Waals surface area contributed by atoms with E-state index in [0.29, 0.717) is 44.4 Å². The first kappa shape index (κ1) is 17.2. The van der Waals surface area contributed by atoms with Crippen molar-refractivity contribution >= 4 is 56.1 Å². The van der Waals surface area contributed by atoms with E-state index in [1.807, 2.05) is 0 Å². The molecule has 0 unspecified atom stereocenters. The highest BCUT2D eigenvalue weighted by Gasteiger charge is 2.37. The Morgan fingerprint density at radius 3 is 2.43 bits per heavy atom. The summed E-state index contributed by atoms with van der Waals surface area (Å²) in [6.45, 7) is 0. The first-order valence-corrected chi connectivity index (χ1v) is 9.53. The van der Waals surface area contributed by atoms with Crippen LogP contribution in [0.1, 0.15) is 20.7 Å². The second-order valence-electron chi connectivity index (χ2n) is 6.31. The smallest absolute Gasteiger partial charge is 0.266 e. The number of nitrogens with zero attached hydrogens (tertiary/aromatic N) is 2. The SMILES string of the molecule is O=C1c2ccc(-c3nc4cc(Cl)ccc4o3)cc2C(=O)N1c1ccc(Br)cc1. The Morgan fingerprint density at radius 2 is 1.64 bits per heavy atom. The molecule has 5 nitrogen and oxygen atoms in total. The molecular formula is C21H10BrClN2O3. The standard InChI is InChI=1S/C21H10BrClN2O3/c22-12-2-5-14(6-3-12)25-20(26)15-7-1-11(9-16(15)21(25)27)19-24-17-10-13(23)4-8-18(17)28-19/h1-10H. The third-order valence-electron chi connectivity index (χ3n) is 4.57. The molecule has 2 heterocycles. The van der Waals surface area contributed by atoms with E-state index in [4.69, 9.17) is 16.0 Å². The van der Waals surface area contributed by atoms with E-state index in [1.165, 1.54) is 4.90 Å². The average Bonchev–Trinajstić information content (AvgIpc) is 3.21. The van der Waals surface area contributed by atoms with Crippen molar-refractivity contribution in [1.29, 1.82) is 0 Å². The third-order valence-corrected chi connectivity index (χ3v) is 5.33. The molecule has 0 saturated heterocycles. The summed E-state index contributed by atoms with van der Waals surface area (Å²) in [5.41, 5.74) is 3.04. The number of halogens is 2. The lowest BCUT2D eigenvalue weighted by atomic mass is 10.1. The molecule has 0 atom stereocenters. The number of aromatic nitrogens is 1. The fraction of sp³-hybridized carbons (Fsp3) is 0. The predicted octanol–water partition coefficient (Wildman–Crippen LogP) is 5.71. The zero-order valence-corrected chi connectivity index (χ0v) is 16.5. The summed E-state index contributed by atoms with van der Waals surface area (Å²) >= 11 is 9.35. The van der Waals surface area contributed by atoms with Crippen LogP contribution in [0.3, 0.4) is 0 Å². The molecule has 3 aromatic carbocycles. The molecule has 136 valence electrons. The van der Waals surface area contributed by atoms with Crippen LogP contribution < -0.4 is 4.90 Å². The van der Waals surface area contributed by atoms with Crippen molar-refractivity contribution in [3.63, 3.8) is 0 Å². The third kappa shape index (κ3) is 2.65. The van der Waals surface area contributed by atoms with Gasteiger partial charge in [-0.25, -0.2) is 9.88 Å². The number of imide groups is 1. The summed E-state index contributed by atoms with van der Waals surface area (Å²) in [6, 6.07) is 17.2. The molecule has 0 spiro atoms. The number of benzene rings is 3. The molecule has 1 aliphatic rings. The Hall–Kier alpha value is -2.96. The van der Waals surface area contributed by atoms with Gasteiger partial charge in [-0.2, -0.15) is 0 Å². The summed E-state index contributed by atoms with van der Waals surface area (Å²) in [7, 11) is 0. The number of hydrogen-bond donors (Lipinski definition) is 0. The molecule has 7 heteroatoms. The number of oxazole rings is 1. The molecule has 0 radical (unpaired) electrons. The molecule has 0 fully saturated rings. The topological polar surface area (TPSA) is 63.4 Å². The summed E-state index contributed by atoms with van der Waals surface area (Å²) in [4.78, 5) is 31.3. The molecule has 1 aromatic heterocycles. The predicted molar refractivity (Wildman–Crippen MR) is 110 cm³/mol. The highest BCUT2D eigenvalue weighted by Crippen LogP contribution is 2.33. The lowest BCUT2D eigenvalue weighted by Crippen LogP contribution is -2.29. The second-order valence-corrected chi connectivity index (χ2v) is 7.67. The van der Waals surface area contributed by atoms with Crippen LogP contribution >= 0.6 is 27.5 Å². The molecule has 0 saturated carbocycles. The van der Waals surface area contributed by atoms with E-state index in [-0.39, 0.29) is 11.8 Å². The van der Waals surface area contributed by atoms with E-state index in [0.717, 1.165) is 4.47 Å². The van der Waals surface area contributed by atoms with Crippen molar-refractivity contribution in [1.82, 2.24) is 4.98 Å². The average molecular weight is 454 g/mol. The number of fused-ring (bicyclic) bond motifs is 2. The van der Waals surface area contributed by atoms with Crippen molar-refractivity contribution in [2.24, 2.45) is 0 Å². The van der Waals surface area contributed by atoms with Gasteiger partial charge in [0.15, 0.2) is 5.58 Å². The fourth-order valence-corrected chi connectivity index (χ4v) is 3.65. The van der Waals surface area contributed by atoms with Gasteiger partial charge in [-0.15, -0.1) is 0 Å². The molecule has 1 aliphatic heterocycles. The minimum Gasteiger partial charge on any atom is -0.436 e. The first-order chi connectivity index (χ1) is 13.5. The number of carbonyl (C=O) groups excluding carboxylic acids is 2. The van der Waals surface area contributed by atoms with Gasteiger partial charge in [0.25, 0.3) is 11.8 Å². The summed E-state index contributed by atoms with van der Waals surface area (Å²) < 4.78 is 6.64. The number of anilines is 1. The number of rotatable bonds is 2. The van der Waals surface area contributed by atoms with Crippen LogP contribution in [0.2, 0.25) is 5.02 Å². The van der Waals surface area contributed by atoms with Gasteiger partial charge in [0.1, 0.15) is 5.52 Å². The van der Waals surface area contributed by atoms with Crippen molar-refractivity contribution in [2.45, 2.75) is 0 Å². The van der Waals surface area contributed by atoms with Crippen LogP contribution in [0.5, 0.6) is 0 Å². The minimum atomic E-state index is -0.372. The van der Waals surface area contributed by atoms with E-state index < -0.39 is 0 Å². The quantitative estimate of drug-likeness (QED) is 0.365. The lowest BCUT2D eigenvalue weighted by molar-refractivity contribution is 0.0926. The van der Waals surface area contributed by atoms with E-state index in [1.54, 1.807) is 60.7 Å². The second kappa shape index (κ2) is 6.29. The highest BCUT2D eigenvalue weighted by atomic mass is 79.9. The monoisotopic (exact) mass is 452 g/mol. The van der Waals surface area contributed by atoms with Crippen LogP contribution in [0.25, 0.3) is 22.6 Å². The Bertz CT molecular complexity index is 1280. The van der Waals surface area contributed by atoms with Crippen molar-refractivity contribution < 1.29 is 14.0 Å². The molecule has 0 bridgehead atoms. The molecule has 28 heavy (non-hydrogen) atoms. The molecular weight excluding hydrogens is 444 g/mol. The Balaban J connectivity index is 1.57. The van der Waals surface area contributed by atoms with Gasteiger partial charge in [-0.1, -0.05) is 27.5 Å². The largest absolute Gasteiger partial charge is 0.436 e. The Kier molecular flexibility index (Phi) is 3.86. The van der Waals surface area contributed by atoms with Crippen LogP contribution in [0.4, 0.5) is 5.69 Å². The fourth-order valence-electron chi connectivity index (χ4n) is 3.22. The lowest BCUT2D eigenvalue weighted by Gasteiger charge is -2.13. The maximum absolute atomic E-state index is 12.9. The first-order valence-electron chi connectivity index (χ1n) is 8.36. The zero-order valence-electron chi connectivity index (χ0n) is 14.1. The molecule has 2 amide bonds. The van der Waals surface area contributed by atoms with Gasteiger partial charge in [0.05, 0.1) is 16.8 Å². The number of amides is 2. The maximum Gasteiger partial charge on any atom is 0.266 e. The van der Waals surface area contributed by atoms with Gasteiger partial charge in [0, 0.05) is 15.1 Å². The van der Waals surface area contributed by atoms with Crippen LogP contribution in [-0.2, 0) is 0 Å².